The minimum atomic E-state index is -0.544. The molecule has 1 N–H and O–H groups in total. The Morgan fingerprint density at radius 1 is 1.28 bits per heavy atom. The smallest absolute Gasteiger partial charge is 0.419 e. The molecule has 0 radical (unpaired) electrons. The van der Waals surface area contributed by atoms with Gasteiger partial charge in [-0.2, -0.15) is 5.10 Å². The first-order valence-corrected chi connectivity index (χ1v) is 8.33. The Kier molecular flexibility index (Phi) is 3.49. The van der Waals surface area contributed by atoms with Crippen LogP contribution in [0.5, 0.6) is 0 Å². The molecule has 4 rings (SSSR count). The molecule has 1 aromatic carbocycles. The van der Waals surface area contributed by atoms with Crippen LogP contribution in [0, 0.1) is 0 Å². The first-order valence-electron chi connectivity index (χ1n) is 8.33. The summed E-state index contributed by atoms with van der Waals surface area (Å²) in [5.74, 6) is 0.894. The molecule has 1 atom stereocenters. The first-order chi connectivity index (χ1) is 11.9. The zero-order valence-corrected chi connectivity index (χ0v) is 14.5. The molecular formula is C19H20N4O2. The number of nitrogens with one attached hydrogen (secondary N) is 1. The summed E-state index contributed by atoms with van der Waals surface area (Å²) >= 11 is 0. The Hall–Kier alpha value is -2.89. The fourth-order valence-corrected chi connectivity index (χ4v) is 3.26. The van der Waals surface area contributed by atoms with Crippen LogP contribution in [0.15, 0.2) is 41.7 Å². The lowest BCUT2D eigenvalue weighted by Crippen LogP contribution is -2.26. The molecule has 1 unspecified atom stereocenters. The van der Waals surface area contributed by atoms with Gasteiger partial charge >= 0.3 is 6.09 Å². The van der Waals surface area contributed by atoms with Gasteiger partial charge in [-0.15, -0.1) is 0 Å². The van der Waals surface area contributed by atoms with Crippen molar-refractivity contribution in [2.75, 3.05) is 0 Å². The first kappa shape index (κ1) is 15.6. The third-order valence-corrected chi connectivity index (χ3v) is 4.29. The molecule has 25 heavy (non-hydrogen) atoms. The minimum Gasteiger partial charge on any atom is -0.443 e. The van der Waals surface area contributed by atoms with E-state index in [-0.39, 0.29) is 12.0 Å². The maximum Gasteiger partial charge on any atom is 0.419 e. The largest absolute Gasteiger partial charge is 0.443 e. The number of hydrogen-bond donors (Lipinski definition) is 1. The zero-order chi connectivity index (χ0) is 17.6. The van der Waals surface area contributed by atoms with E-state index in [0.29, 0.717) is 0 Å². The van der Waals surface area contributed by atoms with Crippen molar-refractivity contribution in [1.29, 1.82) is 0 Å². The molecule has 0 spiro atoms. The van der Waals surface area contributed by atoms with E-state index >= 15 is 0 Å². The van der Waals surface area contributed by atoms with E-state index < -0.39 is 5.60 Å². The van der Waals surface area contributed by atoms with Crippen molar-refractivity contribution in [3.8, 4) is 0 Å². The average Bonchev–Trinajstić information content (AvgIpc) is 3.17. The van der Waals surface area contributed by atoms with Crippen LogP contribution in [-0.4, -0.2) is 32.7 Å². The Labute approximate surface area is 145 Å². The summed E-state index contributed by atoms with van der Waals surface area (Å²) in [7, 11) is 0. The number of carbonyl (C=O) groups is 1. The lowest BCUT2D eigenvalue weighted by Gasteiger charge is -2.20. The number of hydrogen-bond acceptors (Lipinski definition) is 4. The summed E-state index contributed by atoms with van der Waals surface area (Å²) in [4.78, 5) is 17.0. The van der Waals surface area contributed by atoms with Crippen LogP contribution >= 0.6 is 0 Å². The molecule has 0 aliphatic carbocycles. The van der Waals surface area contributed by atoms with Crippen LogP contribution in [0.3, 0.4) is 0 Å². The summed E-state index contributed by atoms with van der Waals surface area (Å²) < 4.78 is 7.16. The van der Waals surface area contributed by atoms with E-state index in [2.05, 4.69) is 15.2 Å². The Morgan fingerprint density at radius 2 is 2.08 bits per heavy atom. The Bertz CT molecular complexity index is 975. The van der Waals surface area contributed by atoms with Gasteiger partial charge in [-0.25, -0.2) is 9.79 Å². The van der Waals surface area contributed by atoms with Crippen molar-refractivity contribution >= 4 is 29.0 Å². The Balaban J connectivity index is 1.84. The maximum absolute atomic E-state index is 12.7. The third kappa shape index (κ3) is 2.73. The lowest BCUT2D eigenvalue weighted by atomic mass is 9.89. The second kappa shape index (κ2) is 5.58. The molecule has 6 heteroatoms. The number of H-pyrrole nitrogens is 1. The molecule has 3 aromatic rings. The molecule has 0 saturated carbocycles. The van der Waals surface area contributed by atoms with Crippen molar-refractivity contribution in [2.45, 2.75) is 38.7 Å². The lowest BCUT2D eigenvalue weighted by molar-refractivity contribution is 0.0544. The highest BCUT2D eigenvalue weighted by Crippen LogP contribution is 2.39. The number of fused-ring (bicyclic) bond motifs is 2. The van der Waals surface area contributed by atoms with Crippen LogP contribution in [0.25, 0.3) is 10.9 Å². The average molecular weight is 336 g/mol. The predicted octanol–water partition coefficient (Wildman–Crippen LogP) is 4.39. The van der Waals surface area contributed by atoms with E-state index in [4.69, 9.17) is 4.74 Å². The van der Waals surface area contributed by atoms with Gasteiger partial charge < -0.3 is 4.74 Å². The fourth-order valence-electron chi connectivity index (χ4n) is 3.26. The van der Waals surface area contributed by atoms with Crippen molar-refractivity contribution < 1.29 is 9.53 Å². The van der Waals surface area contributed by atoms with Crippen LogP contribution in [0.2, 0.25) is 0 Å². The van der Waals surface area contributed by atoms with Gasteiger partial charge in [0.25, 0.3) is 0 Å². The summed E-state index contributed by atoms with van der Waals surface area (Å²) in [5, 5.41) is 8.07. The van der Waals surface area contributed by atoms with Gasteiger partial charge in [-0.3, -0.25) is 9.67 Å². The van der Waals surface area contributed by atoms with E-state index in [1.54, 1.807) is 4.57 Å². The van der Waals surface area contributed by atoms with Gasteiger partial charge in [0.15, 0.2) is 5.82 Å². The van der Waals surface area contributed by atoms with Gasteiger partial charge in [0, 0.05) is 29.3 Å². The summed E-state index contributed by atoms with van der Waals surface area (Å²) in [5.41, 5.74) is 2.43. The number of benzene rings is 1. The SMILES string of the molecule is CC(C)(C)OC(=O)n1cc(C2CC=Nc3[nH]ncc32)c2ccccc21. The van der Waals surface area contributed by atoms with Gasteiger partial charge in [0.2, 0.25) is 0 Å². The highest BCUT2D eigenvalue weighted by molar-refractivity contribution is 5.93. The van der Waals surface area contributed by atoms with Gasteiger partial charge in [-0.1, -0.05) is 18.2 Å². The van der Waals surface area contributed by atoms with E-state index in [1.807, 2.05) is 63.6 Å². The second-order valence-electron chi connectivity index (χ2n) is 7.23. The highest BCUT2D eigenvalue weighted by Gasteiger charge is 2.27. The molecule has 0 amide bonds. The maximum atomic E-state index is 12.7. The second-order valence-corrected chi connectivity index (χ2v) is 7.23. The number of aliphatic imine (C=N–C) groups is 1. The Morgan fingerprint density at radius 3 is 2.88 bits per heavy atom. The van der Waals surface area contributed by atoms with Crippen LogP contribution < -0.4 is 0 Å². The number of ether oxygens (including phenoxy) is 1. The topological polar surface area (TPSA) is 72.3 Å². The van der Waals surface area contributed by atoms with E-state index in [9.17, 15) is 4.79 Å². The number of rotatable bonds is 1. The predicted molar refractivity (Wildman–Crippen MR) is 96.8 cm³/mol. The molecular weight excluding hydrogens is 316 g/mol. The third-order valence-electron chi connectivity index (χ3n) is 4.29. The molecule has 3 heterocycles. The fraction of sp³-hybridized carbons (Fsp3) is 0.316. The van der Waals surface area contributed by atoms with Gasteiger partial charge in [0.1, 0.15) is 5.60 Å². The number of aromatic amines is 1. The molecule has 1 aliphatic heterocycles. The normalized spacial score (nSPS) is 16.8. The monoisotopic (exact) mass is 336 g/mol. The summed E-state index contributed by atoms with van der Waals surface area (Å²) in [6.45, 7) is 5.60. The quantitative estimate of drug-likeness (QED) is 0.716. The molecule has 2 aromatic heterocycles. The molecule has 0 fully saturated rings. The van der Waals surface area contributed by atoms with Gasteiger partial charge in [-0.05, 0) is 38.8 Å². The van der Waals surface area contributed by atoms with Crippen molar-refractivity contribution in [2.24, 2.45) is 4.99 Å². The summed E-state index contributed by atoms with van der Waals surface area (Å²) in [6, 6.07) is 7.89. The number of carbonyl (C=O) groups excluding carboxylic acids is 1. The van der Waals surface area contributed by atoms with Crippen LogP contribution in [0.1, 0.15) is 44.2 Å². The van der Waals surface area contributed by atoms with Crippen molar-refractivity contribution in [3.63, 3.8) is 0 Å². The van der Waals surface area contributed by atoms with Crippen LogP contribution in [0.4, 0.5) is 10.6 Å². The van der Waals surface area contributed by atoms with E-state index in [0.717, 1.165) is 34.3 Å². The van der Waals surface area contributed by atoms with Gasteiger partial charge in [0.05, 0.1) is 11.7 Å². The zero-order valence-electron chi connectivity index (χ0n) is 14.5. The molecule has 128 valence electrons. The number of nitrogens with zero attached hydrogens (tertiary/aromatic N) is 3. The minimum absolute atomic E-state index is 0.111. The highest BCUT2D eigenvalue weighted by atomic mass is 16.6. The summed E-state index contributed by atoms with van der Waals surface area (Å²) in [6.07, 6.45) is 6.00. The molecule has 0 bridgehead atoms. The molecule has 0 saturated heterocycles. The molecule has 6 nitrogen and oxygen atoms in total. The van der Waals surface area contributed by atoms with Crippen LogP contribution in [-0.2, 0) is 4.74 Å². The molecule has 1 aliphatic rings. The van der Waals surface area contributed by atoms with Crippen molar-refractivity contribution in [3.05, 3.63) is 47.8 Å². The van der Waals surface area contributed by atoms with Crippen molar-refractivity contribution in [1.82, 2.24) is 14.8 Å². The standard InChI is InChI=1S/C19H20N4O2/c1-19(2,3)25-18(24)23-11-15(13-6-4-5-7-16(13)23)12-8-9-20-17-14(12)10-21-22-17/h4-7,9-12H,8H2,1-3H3,(H,21,22). The number of aromatic nitrogens is 3. The number of para-hydroxylation sites is 1. The van der Waals surface area contributed by atoms with E-state index in [1.165, 1.54) is 0 Å².